The normalized spacial score (nSPS) is 11.3. The molecule has 26 heavy (non-hydrogen) atoms. The molecule has 5 aromatic rings. The zero-order valence-electron chi connectivity index (χ0n) is 14.3. The zero-order valence-corrected chi connectivity index (χ0v) is 14.3. The highest BCUT2D eigenvalue weighted by molar-refractivity contribution is 6.08. The highest BCUT2D eigenvalue weighted by atomic mass is 15.2. The fourth-order valence-corrected chi connectivity index (χ4v) is 3.46. The Morgan fingerprint density at radius 1 is 0.731 bits per heavy atom. The van der Waals surface area contributed by atoms with Gasteiger partial charge in [-0.1, -0.05) is 60.2 Å². The van der Waals surface area contributed by atoms with Gasteiger partial charge in [0, 0.05) is 16.3 Å². The summed E-state index contributed by atoms with van der Waals surface area (Å²) in [6, 6.07) is 24.9. The molecule has 5 rings (SSSR count). The SMILES string of the molecule is Cc1cccc(-c2ncnc(-n3c4ccccc4c4ccccc43)n2)c1. The molecular weight excluding hydrogens is 320 g/mol. The number of hydrogen-bond acceptors (Lipinski definition) is 3. The molecule has 0 aliphatic heterocycles. The number of aryl methyl sites for hydroxylation is 1. The van der Waals surface area contributed by atoms with Gasteiger partial charge in [0.15, 0.2) is 5.82 Å². The van der Waals surface area contributed by atoms with Crippen LogP contribution in [0.1, 0.15) is 5.56 Å². The number of aromatic nitrogens is 4. The molecule has 0 N–H and O–H groups in total. The molecule has 2 aromatic heterocycles. The van der Waals surface area contributed by atoms with E-state index in [0.29, 0.717) is 11.8 Å². The Hall–Kier alpha value is -3.53. The minimum Gasteiger partial charge on any atom is -0.278 e. The quantitative estimate of drug-likeness (QED) is 0.458. The molecule has 4 nitrogen and oxygen atoms in total. The molecule has 0 spiro atoms. The van der Waals surface area contributed by atoms with Crippen LogP contribution in [-0.2, 0) is 0 Å². The van der Waals surface area contributed by atoms with Crippen molar-refractivity contribution in [2.24, 2.45) is 0 Å². The molecule has 3 aromatic carbocycles. The molecule has 124 valence electrons. The summed E-state index contributed by atoms with van der Waals surface area (Å²) in [6.07, 6.45) is 1.59. The smallest absolute Gasteiger partial charge is 0.238 e. The van der Waals surface area contributed by atoms with Gasteiger partial charge in [0.05, 0.1) is 11.0 Å². The fourth-order valence-electron chi connectivity index (χ4n) is 3.46. The van der Waals surface area contributed by atoms with E-state index in [1.165, 1.54) is 16.3 Å². The third-order valence-corrected chi connectivity index (χ3v) is 4.62. The van der Waals surface area contributed by atoms with Crippen molar-refractivity contribution in [1.29, 1.82) is 0 Å². The Morgan fingerprint density at radius 3 is 2.12 bits per heavy atom. The summed E-state index contributed by atoms with van der Waals surface area (Å²) in [5.74, 6) is 1.31. The zero-order chi connectivity index (χ0) is 17.5. The van der Waals surface area contributed by atoms with Gasteiger partial charge in [0.2, 0.25) is 5.95 Å². The van der Waals surface area contributed by atoms with Crippen LogP contribution in [0.15, 0.2) is 79.1 Å². The lowest BCUT2D eigenvalue weighted by Crippen LogP contribution is -2.03. The predicted octanol–water partition coefficient (Wildman–Crippen LogP) is 4.94. The lowest BCUT2D eigenvalue weighted by Gasteiger charge is -2.07. The fraction of sp³-hybridized carbons (Fsp3) is 0.0455. The van der Waals surface area contributed by atoms with Crippen LogP contribution in [0.4, 0.5) is 0 Å². The maximum atomic E-state index is 4.77. The number of fused-ring (bicyclic) bond motifs is 3. The minimum absolute atomic E-state index is 0.633. The van der Waals surface area contributed by atoms with E-state index in [9.17, 15) is 0 Å². The van der Waals surface area contributed by atoms with Crippen LogP contribution in [0.2, 0.25) is 0 Å². The van der Waals surface area contributed by atoms with Gasteiger partial charge in [0.1, 0.15) is 6.33 Å². The second-order valence-corrected chi connectivity index (χ2v) is 6.35. The average molecular weight is 336 g/mol. The first kappa shape index (κ1) is 14.8. The van der Waals surface area contributed by atoms with E-state index in [1.807, 2.05) is 24.3 Å². The average Bonchev–Trinajstić information content (AvgIpc) is 3.03. The van der Waals surface area contributed by atoms with Crippen LogP contribution in [0, 0.1) is 6.92 Å². The topological polar surface area (TPSA) is 43.6 Å². The molecule has 2 heterocycles. The van der Waals surface area contributed by atoms with Crippen LogP contribution in [0.25, 0.3) is 39.1 Å². The van der Waals surface area contributed by atoms with Gasteiger partial charge in [-0.25, -0.2) is 9.97 Å². The first-order valence-corrected chi connectivity index (χ1v) is 8.56. The van der Waals surface area contributed by atoms with Crippen LogP contribution in [-0.4, -0.2) is 19.5 Å². The van der Waals surface area contributed by atoms with E-state index in [1.54, 1.807) is 6.33 Å². The van der Waals surface area contributed by atoms with Crippen LogP contribution >= 0.6 is 0 Å². The van der Waals surface area contributed by atoms with Gasteiger partial charge in [-0.05, 0) is 25.1 Å². The molecule has 0 saturated carbocycles. The summed E-state index contributed by atoms with van der Waals surface area (Å²) >= 11 is 0. The molecule has 0 unspecified atom stereocenters. The Labute approximate surface area is 150 Å². The lowest BCUT2D eigenvalue weighted by atomic mass is 10.1. The van der Waals surface area contributed by atoms with Crippen molar-refractivity contribution in [1.82, 2.24) is 19.5 Å². The van der Waals surface area contributed by atoms with Crippen molar-refractivity contribution < 1.29 is 0 Å². The first-order chi connectivity index (χ1) is 12.8. The third-order valence-electron chi connectivity index (χ3n) is 4.62. The number of rotatable bonds is 2. The number of para-hydroxylation sites is 2. The predicted molar refractivity (Wildman–Crippen MR) is 104 cm³/mol. The molecule has 0 aliphatic carbocycles. The lowest BCUT2D eigenvalue weighted by molar-refractivity contribution is 0.946. The van der Waals surface area contributed by atoms with Crippen LogP contribution in [0.5, 0.6) is 0 Å². The molecule has 0 amide bonds. The monoisotopic (exact) mass is 336 g/mol. The van der Waals surface area contributed by atoms with E-state index < -0.39 is 0 Å². The van der Waals surface area contributed by atoms with Gasteiger partial charge in [0.25, 0.3) is 0 Å². The molecule has 0 radical (unpaired) electrons. The first-order valence-electron chi connectivity index (χ1n) is 8.56. The van der Waals surface area contributed by atoms with Gasteiger partial charge in [-0.3, -0.25) is 4.57 Å². The van der Waals surface area contributed by atoms with E-state index in [2.05, 4.69) is 70.0 Å². The van der Waals surface area contributed by atoms with Crippen molar-refractivity contribution in [3.63, 3.8) is 0 Å². The van der Waals surface area contributed by atoms with Crippen molar-refractivity contribution in [2.75, 3.05) is 0 Å². The Kier molecular flexibility index (Phi) is 3.28. The maximum absolute atomic E-state index is 4.77. The largest absolute Gasteiger partial charge is 0.278 e. The molecule has 0 saturated heterocycles. The summed E-state index contributed by atoms with van der Waals surface area (Å²) in [6.45, 7) is 2.07. The molecule has 0 fully saturated rings. The Bertz CT molecular complexity index is 1200. The van der Waals surface area contributed by atoms with Crippen molar-refractivity contribution in [3.05, 3.63) is 84.7 Å². The Morgan fingerprint density at radius 2 is 1.42 bits per heavy atom. The summed E-state index contributed by atoms with van der Waals surface area (Å²) < 4.78 is 2.10. The highest BCUT2D eigenvalue weighted by Gasteiger charge is 2.14. The maximum Gasteiger partial charge on any atom is 0.238 e. The second kappa shape index (κ2) is 5.77. The summed E-state index contributed by atoms with van der Waals surface area (Å²) in [5, 5.41) is 2.39. The standard InChI is InChI=1S/C22H16N4/c1-15-7-6-8-16(13-15)21-23-14-24-22(25-21)26-19-11-4-2-9-17(19)18-10-3-5-12-20(18)26/h2-14H,1H3. The minimum atomic E-state index is 0.633. The molecule has 0 bridgehead atoms. The van der Waals surface area contributed by atoms with Gasteiger partial charge >= 0.3 is 0 Å². The van der Waals surface area contributed by atoms with Crippen molar-refractivity contribution in [3.8, 4) is 17.3 Å². The van der Waals surface area contributed by atoms with Gasteiger partial charge in [-0.15, -0.1) is 0 Å². The molecular formula is C22H16N4. The molecule has 4 heteroatoms. The number of hydrogen-bond donors (Lipinski definition) is 0. The van der Waals surface area contributed by atoms with Crippen molar-refractivity contribution in [2.45, 2.75) is 6.92 Å². The van der Waals surface area contributed by atoms with E-state index in [0.717, 1.165) is 16.6 Å². The summed E-state index contributed by atoms with van der Waals surface area (Å²) in [7, 11) is 0. The van der Waals surface area contributed by atoms with Crippen molar-refractivity contribution >= 4 is 21.8 Å². The molecule has 0 atom stereocenters. The number of nitrogens with zero attached hydrogens (tertiary/aromatic N) is 4. The number of benzene rings is 3. The summed E-state index contributed by atoms with van der Waals surface area (Å²) in [4.78, 5) is 13.6. The van der Waals surface area contributed by atoms with Gasteiger partial charge < -0.3 is 0 Å². The second-order valence-electron chi connectivity index (χ2n) is 6.35. The van der Waals surface area contributed by atoms with Crippen LogP contribution in [0.3, 0.4) is 0 Å². The van der Waals surface area contributed by atoms with Gasteiger partial charge in [-0.2, -0.15) is 4.98 Å². The van der Waals surface area contributed by atoms with E-state index >= 15 is 0 Å². The molecule has 0 aliphatic rings. The Balaban J connectivity index is 1.79. The highest BCUT2D eigenvalue weighted by Crippen LogP contribution is 2.30. The third kappa shape index (κ3) is 2.27. The van der Waals surface area contributed by atoms with E-state index in [-0.39, 0.29) is 0 Å². The van der Waals surface area contributed by atoms with Crippen LogP contribution < -0.4 is 0 Å². The summed E-state index contributed by atoms with van der Waals surface area (Å²) in [5.41, 5.74) is 4.36. The van der Waals surface area contributed by atoms with E-state index in [4.69, 9.17) is 4.98 Å².